The fourth-order valence-corrected chi connectivity index (χ4v) is 3.53. The third-order valence-corrected chi connectivity index (χ3v) is 4.97. The molecule has 1 aliphatic heterocycles. The summed E-state index contributed by atoms with van der Waals surface area (Å²) in [5.41, 5.74) is 0.749. The van der Waals surface area contributed by atoms with E-state index >= 15 is 0 Å². The van der Waals surface area contributed by atoms with Crippen molar-refractivity contribution in [3.8, 4) is 0 Å². The summed E-state index contributed by atoms with van der Waals surface area (Å²) in [6.07, 6.45) is 0.854. The topological polar surface area (TPSA) is 52.6 Å². The number of thioether (sulfide) groups is 1. The lowest BCUT2D eigenvalue weighted by Gasteiger charge is -2.19. The molecule has 1 atom stereocenters. The number of halogens is 1. The second-order valence-corrected chi connectivity index (χ2v) is 7.49. The quantitative estimate of drug-likeness (QED) is 0.829. The predicted octanol–water partition coefficient (Wildman–Crippen LogP) is 3.69. The number of nitrogens with one attached hydrogen (secondary N) is 1. The average Bonchev–Trinajstić information content (AvgIpc) is 2.91. The number of anilines is 1. The Morgan fingerprint density at radius 3 is 2.95 bits per heavy atom. The molecule has 1 unspecified atom stereocenters. The number of hydrogen-bond acceptors (Lipinski definition) is 3. The molecule has 1 fully saturated rings. The summed E-state index contributed by atoms with van der Waals surface area (Å²) in [6.45, 7) is 5.60. The maximum absolute atomic E-state index is 12.3. The van der Waals surface area contributed by atoms with Crippen LogP contribution in [0.15, 0.2) is 23.1 Å². The molecule has 1 aromatic carbocycles. The summed E-state index contributed by atoms with van der Waals surface area (Å²) < 4.78 is 0. The number of nitrogens with zero attached hydrogens (tertiary/aromatic N) is 1. The van der Waals surface area contributed by atoms with Crippen LogP contribution in [0.2, 0.25) is 5.02 Å². The second kappa shape index (κ2) is 7.38. The Hall–Kier alpha value is -0.910. The molecule has 2 N–H and O–H groups in total. The van der Waals surface area contributed by atoms with Gasteiger partial charge < -0.3 is 15.3 Å². The van der Waals surface area contributed by atoms with Gasteiger partial charge in [0.25, 0.3) is 0 Å². The zero-order valence-corrected chi connectivity index (χ0v) is 13.9. The van der Waals surface area contributed by atoms with Crippen LogP contribution in [-0.2, 0) is 0 Å². The van der Waals surface area contributed by atoms with Gasteiger partial charge in [0.15, 0.2) is 0 Å². The highest BCUT2D eigenvalue weighted by molar-refractivity contribution is 8.00. The molecule has 2 amide bonds. The molecule has 0 spiro atoms. The summed E-state index contributed by atoms with van der Waals surface area (Å²) in [4.78, 5) is 15.0. The standard InChI is InChI=1S/C15H21ClN2O2S/c1-10(2)21-14-12(16)4-3-5-13(14)17-15(20)18-7-6-11(8-18)9-19/h3-5,10-11,19H,6-9H2,1-2H3,(H,17,20). The molecule has 4 nitrogen and oxygen atoms in total. The van der Waals surface area contributed by atoms with Crippen LogP contribution < -0.4 is 5.32 Å². The van der Waals surface area contributed by atoms with Crippen molar-refractivity contribution in [1.29, 1.82) is 0 Å². The molecular formula is C15H21ClN2O2S. The van der Waals surface area contributed by atoms with Gasteiger partial charge in [-0.05, 0) is 18.6 Å². The first kappa shape index (κ1) is 16.5. The summed E-state index contributed by atoms with van der Waals surface area (Å²) in [6, 6.07) is 5.41. The minimum atomic E-state index is -0.126. The maximum Gasteiger partial charge on any atom is 0.321 e. The Morgan fingerprint density at radius 1 is 1.57 bits per heavy atom. The van der Waals surface area contributed by atoms with Crippen LogP contribution >= 0.6 is 23.4 Å². The van der Waals surface area contributed by atoms with E-state index in [1.54, 1.807) is 16.7 Å². The van der Waals surface area contributed by atoms with Gasteiger partial charge in [-0.25, -0.2) is 4.79 Å². The fraction of sp³-hybridized carbons (Fsp3) is 0.533. The molecule has 0 aromatic heterocycles. The Balaban J connectivity index is 2.09. The van der Waals surface area contributed by atoms with Gasteiger partial charge in [0, 0.05) is 35.8 Å². The Morgan fingerprint density at radius 2 is 2.33 bits per heavy atom. The molecule has 0 radical (unpaired) electrons. The van der Waals surface area contributed by atoms with Gasteiger partial charge in [-0.2, -0.15) is 0 Å². The summed E-state index contributed by atoms with van der Waals surface area (Å²) in [5, 5.41) is 13.1. The van der Waals surface area contributed by atoms with Crippen molar-refractivity contribution in [2.45, 2.75) is 30.4 Å². The third-order valence-electron chi connectivity index (χ3n) is 3.39. The first-order valence-electron chi connectivity index (χ1n) is 7.13. The first-order valence-corrected chi connectivity index (χ1v) is 8.39. The van der Waals surface area contributed by atoms with Crippen molar-refractivity contribution in [3.63, 3.8) is 0 Å². The minimum absolute atomic E-state index is 0.126. The Bertz CT molecular complexity index is 510. The average molecular weight is 329 g/mol. The van der Waals surface area contributed by atoms with Gasteiger partial charge in [-0.1, -0.05) is 31.5 Å². The molecule has 0 bridgehead atoms. The van der Waals surface area contributed by atoms with E-state index in [4.69, 9.17) is 16.7 Å². The number of likely N-dealkylation sites (tertiary alicyclic amines) is 1. The van der Waals surface area contributed by atoms with Gasteiger partial charge >= 0.3 is 6.03 Å². The number of benzene rings is 1. The van der Waals surface area contributed by atoms with E-state index in [-0.39, 0.29) is 18.6 Å². The van der Waals surface area contributed by atoms with E-state index in [0.717, 1.165) is 17.0 Å². The van der Waals surface area contributed by atoms with Crippen LogP contribution in [0.1, 0.15) is 20.3 Å². The molecule has 0 aliphatic carbocycles. The maximum atomic E-state index is 12.3. The molecule has 1 heterocycles. The van der Waals surface area contributed by atoms with Crippen molar-refractivity contribution in [2.75, 3.05) is 25.0 Å². The lowest BCUT2D eigenvalue weighted by Crippen LogP contribution is -2.33. The number of amides is 2. The Labute approximate surface area is 134 Å². The highest BCUT2D eigenvalue weighted by Crippen LogP contribution is 2.36. The molecule has 1 saturated heterocycles. The highest BCUT2D eigenvalue weighted by Gasteiger charge is 2.26. The van der Waals surface area contributed by atoms with E-state index in [1.165, 1.54) is 0 Å². The van der Waals surface area contributed by atoms with Crippen molar-refractivity contribution in [1.82, 2.24) is 4.90 Å². The molecular weight excluding hydrogens is 308 g/mol. The number of urea groups is 1. The first-order chi connectivity index (χ1) is 10.0. The molecule has 1 aromatic rings. The van der Waals surface area contributed by atoms with Crippen molar-refractivity contribution < 1.29 is 9.90 Å². The monoisotopic (exact) mass is 328 g/mol. The van der Waals surface area contributed by atoms with Crippen molar-refractivity contribution >= 4 is 35.1 Å². The lowest BCUT2D eigenvalue weighted by atomic mass is 10.1. The number of aliphatic hydroxyl groups is 1. The van der Waals surface area contributed by atoms with E-state index < -0.39 is 0 Å². The minimum Gasteiger partial charge on any atom is -0.396 e. The highest BCUT2D eigenvalue weighted by atomic mass is 35.5. The van der Waals surface area contributed by atoms with Gasteiger partial charge in [0.2, 0.25) is 0 Å². The SMILES string of the molecule is CC(C)Sc1c(Cl)cccc1NC(=O)N1CCC(CO)C1. The summed E-state index contributed by atoms with van der Waals surface area (Å²) in [7, 11) is 0. The van der Waals surface area contributed by atoms with Gasteiger partial charge in [0.1, 0.15) is 0 Å². The number of rotatable bonds is 4. The molecule has 116 valence electrons. The van der Waals surface area contributed by atoms with Gasteiger partial charge in [-0.15, -0.1) is 11.8 Å². The van der Waals surface area contributed by atoms with Crippen LogP contribution in [0.5, 0.6) is 0 Å². The van der Waals surface area contributed by atoms with Crippen LogP contribution in [0, 0.1) is 5.92 Å². The number of carbonyl (C=O) groups excluding carboxylic acids is 1. The summed E-state index contributed by atoms with van der Waals surface area (Å²) >= 11 is 7.88. The van der Waals surface area contributed by atoms with Crippen LogP contribution in [0.4, 0.5) is 10.5 Å². The van der Waals surface area contributed by atoms with Crippen molar-refractivity contribution in [2.24, 2.45) is 5.92 Å². The zero-order valence-electron chi connectivity index (χ0n) is 12.3. The largest absolute Gasteiger partial charge is 0.396 e. The van der Waals surface area contributed by atoms with Crippen LogP contribution in [0.25, 0.3) is 0 Å². The number of aliphatic hydroxyl groups excluding tert-OH is 1. The lowest BCUT2D eigenvalue weighted by molar-refractivity contribution is 0.208. The molecule has 21 heavy (non-hydrogen) atoms. The smallest absolute Gasteiger partial charge is 0.321 e. The van der Waals surface area contributed by atoms with E-state index in [0.29, 0.717) is 23.4 Å². The fourth-order valence-electron chi connectivity index (χ4n) is 2.32. The Kier molecular flexibility index (Phi) is 5.79. The predicted molar refractivity (Wildman–Crippen MR) is 88.2 cm³/mol. The normalized spacial score (nSPS) is 18.3. The van der Waals surface area contributed by atoms with E-state index in [1.807, 2.05) is 18.2 Å². The van der Waals surface area contributed by atoms with Gasteiger partial charge in [-0.3, -0.25) is 0 Å². The number of hydrogen-bond donors (Lipinski definition) is 2. The molecule has 2 rings (SSSR count). The van der Waals surface area contributed by atoms with Crippen molar-refractivity contribution in [3.05, 3.63) is 23.2 Å². The molecule has 1 aliphatic rings. The zero-order chi connectivity index (χ0) is 15.4. The van der Waals surface area contributed by atoms with Crippen LogP contribution in [0.3, 0.4) is 0 Å². The molecule has 0 saturated carbocycles. The van der Waals surface area contributed by atoms with E-state index in [9.17, 15) is 4.79 Å². The van der Waals surface area contributed by atoms with Crippen LogP contribution in [-0.4, -0.2) is 41.0 Å². The second-order valence-electron chi connectivity index (χ2n) is 5.50. The molecule has 6 heteroatoms. The van der Waals surface area contributed by atoms with Gasteiger partial charge in [0.05, 0.1) is 10.7 Å². The number of carbonyl (C=O) groups is 1. The van der Waals surface area contributed by atoms with E-state index in [2.05, 4.69) is 19.2 Å². The third kappa shape index (κ3) is 4.28. The summed E-state index contributed by atoms with van der Waals surface area (Å²) in [5.74, 6) is 0.194.